The third-order valence-corrected chi connectivity index (χ3v) is 6.79. The van der Waals surface area contributed by atoms with Crippen molar-refractivity contribution in [1.82, 2.24) is 19.7 Å². The fourth-order valence-electron chi connectivity index (χ4n) is 4.86. The van der Waals surface area contributed by atoms with E-state index in [1.54, 1.807) is 23.1 Å². The zero-order valence-electron chi connectivity index (χ0n) is 19.1. The van der Waals surface area contributed by atoms with Crippen molar-refractivity contribution in [2.24, 2.45) is 7.05 Å². The molecule has 0 aliphatic carbocycles. The minimum Gasteiger partial charge on any atom is -0.373 e. The van der Waals surface area contributed by atoms with Gasteiger partial charge in [0.1, 0.15) is 6.33 Å². The number of halogens is 3. The highest BCUT2D eigenvalue weighted by Gasteiger charge is 2.30. The number of aromatic nitrogens is 3. The summed E-state index contributed by atoms with van der Waals surface area (Å²) in [6.07, 6.45) is -0.850. The lowest BCUT2D eigenvalue weighted by Gasteiger charge is -2.37. The second kappa shape index (κ2) is 9.38. The van der Waals surface area contributed by atoms with E-state index in [2.05, 4.69) is 38.1 Å². The Morgan fingerprint density at radius 3 is 2.47 bits per heavy atom. The van der Waals surface area contributed by atoms with Gasteiger partial charge >= 0.3 is 6.18 Å². The van der Waals surface area contributed by atoms with Crippen LogP contribution in [0.4, 0.5) is 18.9 Å². The normalized spacial score (nSPS) is 19.3. The van der Waals surface area contributed by atoms with Gasteiger partial charge in [-0.25, -0.2) is 9.67 Å². The highest BCUT2D eigenvalue weighted by atomic mass is 19.4. The fourth-order valence-corrected chi connectivity index (χ4v) is 4.86. The molecule has 0 bridgehead atoms. The molecular weight excluding hydrogens is 443 g/mol. The summed E-state index contributed by atoms with van der Waals surface area (Å²) in [7, 11) is 1.89. The maximum Gasteiger partial charge on any atom is 0.416 e. The topological polar surface area (TPSA) is 46.4 Å². The van der Waals surface area contributed by atoms with Gasteiger partial charge in [-0.15, -0.1) is 0 Å². The van der Waals surface area contributed by atoms with Crippen LogP contribution in [-0.2, 0) is 24.4 Å². The average Bonchev–Trinajstić information content (AvgIpc) is 3.28. The Kier molecular flexibility index (Phi) is 6.31. The quantitative estimate of drug-likeness (QED) is 0.555. The van der Waals surface area contributed by atoms with Crippen LogP contribution in [0.2, 0.25) is 0 Å². The molecule has 1 fully saturated rings. The maximum atomic E-state index is 12.8. The molecule has 180 valence electrons. The van der Waals surface area contributed by atoms with Gasteiger partial charge in [-0.1, -0.05) is 12.1 Å². The number of nitrogens with zero attached hydrogens (tertiary/aromatic N) is 5. The Labute approximate surface area is 197 Å². The lowest BCUT2D eigenvalue weighted by atomic mass is 9.93. The predicted molar refractivity (Wildman–Crippen MR) is 124 cm³/mol. The molecule has 9 heteroatoms. The zero-order chi connectivity index (χ0) is 23.7. The van der Waals surface area contributed by atoms with Crippen LogP contribution in [0.15, 0.2) is 48.8 Å². The van der Waals surface area contributed by atoms with Crippen LogP contribution < -0.4 is 4.90 Å². The molecule has 0 saturated carbocycles. The summed E-state index contributed by atoms with van der Waals surface area (Å²) in [6, 6.07) is 11.9. The summed E-state index contributed by atoms with van der Waals surface area (Å²) >= 11 is 0. The molecule has 1 saturated heterocycles. The van der Waals surface area contributed by atoms with Gasteiger partial charge in [-0.2, -0.15) is 18.3 Å². The Bertz CT molecular complexity index is 1120. The van der Waals surface area contributed by atoms with Crippen molar-refractivity contribution in [3.05, 3.63) is 65.5 Å². The Hall–Kier alpha value is -2.91. The van der Waals surface area contributed by atoms with Crippen LogP contribution in [0, 0.1) is 0 Å². The van der Waals surface area contributed by atoms with E-state index in [9.17, 15) is 13.2 Å². The van der Waals surface area contributed by atoms with E-state index in [1.807, 2.05) is 7.05 Å². The summed E-state index contributed by atoms with van der Waals surface area (Å²) in [4.78, 5) is 8.91. The van der Waals surface area contributed by atoms with Gasteiger partial charge in [-0.3, -0.25) is 4.90 Å². The van der Waals surface area contributed by atoms with E-state index >= 15 is 0 Å². The second-order valence-corrected chi connectivity index (χ2v) is 8.89. The van der Waals surface area contributed by atoms with Crippen molar-refractivity contribution in [3.63, 3.8) is 0 Å². The molecule has 6 nitrogen and oxygen atoms in total. The Morgan fingerprint density at radius 1 is 1.03 bits per heavy atom. The minimum absolute atomic E-state index is 0.0743. The van der Waals surface area contributed by atoms with E-state index in [-0.39, 0.29) is 6.10 Å². The number of alkyl halides is 3. The van der Waals surface area contributed by atoms with Gasteiger partial charge in [0.15, 0.2) is 5.82 Å². The lowest BCUT2D eigenvalue weighted by molar-refractivity contribution is -0.137. The van der Waals surface area contributed by atoms with E-state index in [4.69, 9.17) is 4.74 Å². The number of ether oxygens (including phenoxy) is 1. The molecule has 2 aliphatic heterocycles. The molecule has 0 N–H and O–H groups in total. The van der Waals surface area contributed by atoms with Gasteiger partial charge < -0.3 is 9.64 Å². The smallest absolute Gasteiger partial charge is 0.373 e. The van der Waals surface area contributed by atoms with Crippen LogP contribution in [0.1, 0.15) is 29.2 Å². The number of aryl methyl sites for hydroxylation is 1. The molecule has 2 aliphatic rings. The molecule has 0 amide bonds. The largest absolute Gasteiger partial charge is 0.416 e. The van der Waals surface area contributed by atoms with Gasteiger partial charge in [-0.05, 0) is 54.3 Å². The molecule has 0 radical (unpaired) electrons. The number of hydrogen-bond acceptors (Lipinski definition) is 5. The molecule has 34 heavy (non-hydrogen) atoms. The van der Waals surface area contributed by atoms with E-state index in [1.165, 1.54) is 11.1 Å². The van der Waals surface area contributed by atoms with Crippen LogP contribution in [0.25, 0.3) is 11.4 Å². The summed E-state index contributed by atoms with van der Waals surface area (Å²) < 4.78 is 46.3. The first kappa shape index (κ1) is 22.9. The minimum atomic E-state index is -4.30. The van der Waals surface area contributed by atoms with Crippen LogP contribution in [0.5, 0.6) is 0 Å². The molecular formula is C25H28F3N5O. The van der Waals surface area contributed by atoms with Gasteiger partial charge in [0.25, 0.3) is 0 Å². The Morgan fingerprint density at radius 2 is 1.79 bits per heavy atom. The molecule has 1 aromatic heterocycles. The van der Waals surface area contributed by atoms with Crippen molar-refractivity contribution >= 4 is 5.69 Å². The van der Waals surface area contributed by atoms with Crippen molar-refractivity contribution in [2.75, 3.05) is 44.2 Å². The number of piperazine rings is 1. The third-order valence-electron chi connectivity index (χ3n) is 6.79. The van der Waals surface area contributed by atoms with Gasteiger partial charge in [0, 0.05) is 51.0 Å². The first-order valence-corrected chi connectivity index (χ1v) is 11.6. The van der Waals surface area contributed by atoms with Gasteiger partial charge in [0.05, 0.1) is 18.3 Å². The van der Waals surface area contributed by atoms with Crippen LogP contribution in [0.3, 0.4) is 0 Å². The number of hydrogen-bond donors (Lipinski definition) is 0. The molecule has 0 unspecified atom stereocenters. The number of fused-ring (bicyclic) bond motifs is 1. The molecule has 3 aromatic rings. The molecule has 1 atom stereocenters. The predicted octanol–water partition coefficient (Wildman–Crippen LogP) is 4.33. The highest BCUT2D eigenvalue weighted by Crippen LogP contribution is 2.33. The van der Waals surface area contributed by atoms with Crippen LogP contribution in [-0.4, -0.2) is 59.0 Å². The monoisotopic (exact) mass is 471 g/mol. The summed E-state index contributed by atoms with van der Waals surface area (Å²) in [5.41, 5.74) is 3.87. The fraction of sp³-hybridized carbons (Fsp3) is 0.440. The van der Waals surface area contributed by atoms with E-state index in [0.717, 1.165) is 74.8 Å². The maximum absolute atomic E-state index is 12.8. The van der Waals surface area contributed by atoms with E-state index < -0.39 is 11.7 Å². The van der Waals surface area contributed by atoms with Crippen LogP contribution >= 0.6 is 0 Å². The number of rotatable bonds is 5. The molecule has 0 spiro atoms. The zero-order valence-corrected chi connectivity index (χ0v) is 19.1. The Balaban J connectivity index is 1.16. The van der Waals surface area contributed by atoms with E-state index in [0.29, 0.717) is 6.61 Å². The first-order valence-electron chi connectivity index (χ1n) is 11.6. The third kappa shape index (κ3) is 4.81. The van der Waals surface area contributed by atoms with Crippen molar-refractivity contribution < 1.29 is 17.9 Å². The van der Waals surface area contributed by atoms with Crippen molar-refractivity contribution in [3.8, 4) is 11.4 Å². The highest BCUT2D eigenvalue weighted by molar-refractivity contribution is 5.58. The van der Waals surface area contributed by atoms with Crippen molar-refractivity contribution in [1.29, 1.82) is 0 Å². The number of anilines is 1. The average molecular weight is 472 g/mol. The lowest BCUT2D eigenvalue weighted by Crippen LogP contribution is -2.47. The summed E-state index contributed by atoms with van der Waals surface area (Å²) in [5, 5.41) is 4.17. The standard InChI is InChI=1S/C25H28F3N5O/c1-31-24(29-17-30-31)19-2-7-22-18(16-19)9-15-34-23(22)8-10-32-11-13-33(14-12-32)21-5-3-20(4-6-21)25(26,27)28/h2-7,16-17,23H,8-15H2,1H3/t23-/m0/s1. The SMILES string of the molecule is Cn1ncnc1-c1ccc2c(c1)CCO[C@H]2CCN1CCN(c2ccc(C(F)(F)F)cc2)CC1. The van der Waals surface area contributed by atoms with Crippen molar-refractivity contribution in [2.45, 2.75) is 25.1 Å². The van der Waals surface area contributed by atoms with Gasteiger partial charge in [0.2, 0.25) is 0 Å². The molecule has 2 aromatic carbocycles. The first-order chi connectivity index (χ1) is 16.4. The number of benzene rings is 2. The molecule has 3 heterocycles. The summed E-state index contributed by atoms with van der Waals surface area (Å²) in [5.74, 6) is 0.858. The molecule has 5 rings (SSSR count). The summed E-state index contributed by atoms with van der Waals surface area (Å²) in [6.45, 7) is 5.00. The second-order valence-electron chi connectivity index (χ2n) is 8.89.